The van der Waals surface area contributed by atoms with Gasteiger partial charge in [0.1, 0.15) is 0 Å². The maximum Gasteiger partial charge on any atom is 0.262 e. The molecule has 1 heterocycles. The summed E-state index contributed by atoms with van der Waals surface area (Å²) < 4.78 is 8.01. The van der Waals surface area contributed by atoms with Gasteiger partial charge in [0.15, 0.2) is 6.10 Å². The molecule has 0 aliphatic carbocycles. The second-order valence-corrected chi connectivity index (χ2v) is 5.41. The van der Waals surface area contributed by atoms with Gasteiger partial charge in [-0.25, -0.2) is 4.68 Å². The van der Waals surface area contributed by atoms with E-state index in [1.807, 2.05) is 30.3 Å². The average molecular weight is 338 g/mol. The molecule has 0 aliphatic rings. The number of carbonyl (C=O) groups is 1. The lowest BCUT2D eigenvalue weighted by atomic mass is 10.3. The SMILES string of the molecule is C[C@@H](Oc1nn(-c2ccccc2)cc1Br)C(=O)N(C)C. The molecule has 20 heavy (non-hydrogen) atoms. The number of carbonyl (C=O) groups excluding carboxylic acids is 1. The van der Waals surface area contributed by atoms with E-state index in [2.05, 4.69) is 21.0 Å². The number of aromatic nitrogens is 2. The number of benzene rings is 1. The molecule has 5 nitrogen and oxygen atoms in total. The zero-order valence-electron chi connectivity index (χ0n) is 11.6. The topological polar surface area (TPSA) is 47.4 Å². The van der Waals surface area contributed by atoms with Crippen LogP contribution in [0.2, 0.25) is 0 Å². The second-order valence-electron chi connectivity index (χ2n) is 4.56. The molecule has 0 radical (unpaired) electrons. The van der Waals surface area contributed by atoms with Gasteiger partial charge in [-0.15, -0.1) is 5.10 Å². The van der Waals surface area contributed by atoms with Crippen molar-refractivity contribution in [3.05, 3.63) is 41.0 Å². The lowest BCUT2D eigenvalue weighted by Crippen LogP contribution is -2.35. The van der Waals surface area contributed by atoms with E-state index in [9.17, 15) is 4.79 Å². The van der Waals surface area contributed by atoms with Crippen LogP contribution in [-0.4, -0.2) is 40.8 Å². The number of halogens is 1. The first-order valence-corrected chi connectivity index (χ1v) is 6.96. The maximum atomic E-state index is 11.8. The molecule has 0 N–H and O–H groups in total. The van der Waals surface area contributed by atoms with E-state index in [1.165, 1.54) is 4.90 Å². The van der Waals surface area contributed by atoms with Crippen LogP contribution in [0.3, 0.4) is 0 Å². The molecule has 1 atom stereocenters. The predicted molar refractivity (Wildman–Crippen MR) is 80.0 cm³/mol. The third-order valence-electron chi connectivity index (χ3n) is 2.74. The molecule has 0 bridgehead atoms. The largest absolute Gasteiger partial charge is 0.463 e. The Labute approximate surface area is 126 Å². The van der Waals surface area contributed by atoms with Crippen LogP contribution < -0.4 is 4.74 Å². The summed E-state index contributed by atoms with van der Waals surface area (Å²) in [7, 11) is 3.39. The van der Waals surface area contributed by atoms with Gasteiger partial charge >= 0.3 is 0 Å². The Balaban J connectivity index is 2.18. The van der Waals surface area contributed by atoms with Gasteiger partial charge < -0.3 is 9.64 Å². The lowest BCUT2D eigenvalue weighted by molar-refractivity contribution is -0.135. The summed E-state index contributed by atoms with van der Waals surface area (Å²) in [5.74, 6) is 0.294. The Morgan fingerprint density at radius 2 is 2.00 bits per heavy atom. The number of hydrogen-bond donors (Lipinski definition) is 0. The fourth-order valence-corrected chi connectivity index (χ4v) is 2.08. The van der Waals surface area contributed by atoms with Crippen molar-refractivity contribution in [3.63, 3.8) is 0 Å². The number of amides is 1. The van der Waals surface area contributed by atoms with E-state index in [0.717, 1.165) is 5.69 Å². The molecular formula is C14H16BrN3O2. The molecule has 0 aliphatic heterocycles. The van der Waals surface area contributed by atoms with Crippen LogP contribution in [0, 0.1) is 0 Å². The highest BCUT2D eigenvalue weighted by molar-refractivity contribution is 9.10. The first-order valence-electron chi connectivity index (χ1n) is 6.17. The van der Waals surface area contributed by atoms with Crippen molar-refractivity contribution in [2.45, 2.75) is 13.0 Å². The van der Waals surface area contributed by atoms with Crippen molar-refractivity contribution in [3.8, 4) is 11.6 Å². The van der Waals surface area contributed by atoms with Gasteiger partial charge in [0.05, 0.1) is 10.2 Å². The fourth-order valence-electron chi connectivity index (χ4n) is 1.71. The quantitative estimate of drug-likeness (QED) is 0.861. The molecular weight excluding hydrogens is 322 g/mol. The summed E-state index contributed by atoms with van der Waals surface area (Å²) in [6, 6.07) is 9.69. The van der Waals surface area contributed by atoms with Crippen LogP contribution in [0.15, 0.2) is 41.0 Å². The first-order chi connectivity index (χ1) is 9.49. The maximum absolute atomic E-state index is 11.8. The molecule has 2 aromatic rings. The van der Waals surface area contributed by atoms with Crippen LogP contribution in [0.1, 0.15) is 6.92 Å². The second kappa shape index (κ2) is 6.09. The van der Waals surface area contributed by atoms with Crippen molar-refractivity contribution >= 4 is 21.8 Å². The Morgan fingerprint density at radius 3 is 2.60 bits per heavy atom. The zero-order valence-corrected chi connectivity index (χ0v) is 13.2. The van der Waals surface area contributed by atoms with Gasteiger partial charge in [-0.3, -0.25) is 4.79 Å². The molecule has 106 valence electrons. The fraction of sp³-hybridized carbons (Fsp3) is 0.286. The molecule has 0 saturated heterocycles. The van der Waals surface area contributed by atoms with Crippen molar-refractivity contribution in [1.82, 2.24) is 14.7 Å². The standard InChI is InChI=1S/C14H16BrN3O2/c1-10(14(19)17(2)3)20-13-12(15)9-18(16-13)11-7-5-4-6-8-11/h4-10H,1-3H3/t10-/m1/s1. The van der Waals surface area contributed by atoms with E-state index < -0.39 is 6.10 Å². The van der Waals surface area contributed by atoms with Crippen LogP contribution in [0.5, 0.6) is 5.88 Å². The summed E-state index contributed by atoms with van der Waals surface area (Å²) in [5, 5.41) is 4.34. The number of rotatable bonds is 4. The van der Waals surface area contributed by atoms with Crippen molar-refractivity contribution in [2.75, 3.05) is 14.1 Å². The van der Waals surface area contributed by atoms with E-state index in [0.29, 0.717) is 10.4 Å². The van der Waals surface area contributed by atoms with Gasteiger partial charge in [-0.1, -0.05) is 18.2 Å². The Kier molecular flexibility index (Phi) is 4.44. The van der Waals surface area contributed by atoms with Gasteiger partial charge in [0.25, 0.3) is 5.91 Å². The normalized spacial score (nSPS) is 12.0. The monoisotopic (exact) mass is 337 g/mol. The molecule has 6 heteroatoms. The van der Waals surface area contributed by atoms with Crippen molar-refractivity contribution in [2.24, 2.45) is 0 Å². The van der Waals surface area contributed by atoms with Gasteiger partial charge in [0.2, 0.25) is 5.88 Å². The molecule has 0 unspecified atom stereocenters. The number of ether oxygens (including phenoxy) is 1. The number of likely N-dealkylation sites (N-methyl/N-ethyl adjacent to an activating group) is 1. The molecule has 1 amide bonds. The minimum absolute atomic E-state index is 0.105. The van der Waals surface area contributed by atoms with Crippen molar-refractivity contribution < 1.29 is 9.53 Å². The minimum atomic E-state index is -0.583. The third-order valence-corrected chi connectivity index (χ3v) is 3.28. The first kappa shape index (κ1) is 14.6. The summed E-state index contributed by atoms with van der Waals surface area (Å²) >= 11 is 3.40. The molecule has 0 saturated carbocycles. The molecule has 0 spiro atoms. The van der Waals surface area contributed by atoms with E-state index in [-0.39, 0.29) is 5.91 Å². The smallest absolute Gasteiger partial charge is 0.262 e. The average Bonchev–Trinajstić information content (AvgIpc) is 2.80. The highest BCUT2D eigenvalue weighted by Crippen LogP contribution is 2.25. The molecule has 1 aromatic carbocycles. The Hall–Kier alpha value is -1.82. The van der Waals surface area contributed by atoms with Crippen LogP contribution in [0.4, 0.5) is 0 Å². The summed E-state index contributed by atoms with van der Waals surface area (Å²) in [5.41, 5.74) is 0.926. The highest BCUT2D eigenvalue weighted by atomic mass is 79.9. The summed E-state index contributed by atoms with van der Waals surface area (Å²) in [4.78, 5) is 13.3. The van der Waals surface area contributed by atoms with Gasteiger partial charge in [-0.05, 0) is 35.0 Å². The Morgan fingerprint density at radius 1 is 1.35 bits per heavy atom. The molecule has 2 rings (SSSR count). The highest BCUT2D eigenvalue weighted by Gasteiger charge is 2.19. The number of para-hydroxylation sites is 1. The van der Waals surface area contributed by atoms with Gasteiger partial charge in [-0.2, -0.15) is 0 Å². The van der Waals surface area contributed by atoms with E-state index in [4.69, 9.17) is 4.74 Å². The van der Waals surface area contributed by atoms with Crippen LogP contribution >= 0.6 is 15.9 Å². The number of hydrogen-bond acceptors (Lipinski definition) is 3. The summed E-state index contributed by atoms with van der Waals surface area (Å²) in [6.07, 6.45) is 1.22. The third kappa shape index (κ3) is 3.19. The van der Waals surface area contributed by atoms with Crippen LogP contribution in [0.25, 0.3) is 5.69 Å². The predicted octanol–water partition coefficient (Wildman–Crippen LogP) is 2.49. The lowest BCUT2D eigenvalue weighted by Gasteiger charge is -2.17. The molecule has 0 fully saturated rings. The van der Waals surface area contributed by atoms with E-state index in [1.54, 1.807) is 31.9 Å². The molecule has 1 aromatic heterocycles. The van der Waals surface area contributed by atoms with Crippen molar-refractivity contribution in [1.29, 1.82) is 0 Å². The van der Waals surface area contributed by atoms with E-state index >= 15 is 0 Å². The van der Waals surface area contributed by atoms with Crippen LogP contribution in [-0.2, 0) is 4.79 Å². The zero-order chi connectivity index (χ0) is 14.7. The van der Waals surface area contributed by atoms with Gasteiger partial charge in [0, 0.05) is 20.3 Å². The minimum Gasteiger partial charge on any atom is -0.463 e. The Bertz CT molecular complexity index is 596. The number of nitrogens with zero attached hydrogens (tertiary/aromatic N) is 3. The summed E-state index contributed by atoms with van der Waals surface area (Å²) in [6.45, 7) is 1.70.